The minimum atomic E-state index is -0.359. The summed E-state index contributed by atoms with van der Waals surface area (Å²) in [6, 6.07) is 7.63. The van der Waals surface area contributed by atoms with Crippen LogP contribution in [0.5, 0.6) is 5.75 Å². The molecule has 0 unspecified atom stereocenters. The summed E-state index contributed by atoms with van der Waals surface area (Å²) < 4.78 is 11.0. The van der Waals surface area contributed by atoms with E-state index in [1.165, 1.54) is 57.8 Å². The van der Waals surface area contributed by atoms with Crippen molar-refractivity contribution < 1.29 is 14.3 Å². The molecule has 1 aromatic carbocycles. The Bertz CT molecular complexity index is 551. The maximum atomic E-state index is 11.6. The predicted molar refractivity (Wildman–Crippen MR) is 122 cm³/mol. The van der Waals surface area contributed by atoms with E-state index in [1.54, 1.807) is 0 Å². The Morgan fingerprint density at radius 1 is 0.828 bits per heavy atom. The Morgan fingerprint density at radius 3 is 1.86 bits per heavy atom. The first-order chi connectivity index (χ1) is 13.9. The van der Waals surface area contributed by atoms with Crippen molar-refractivity contribution in [1.82, 2.24) is 0 Å². The second-order valence-corrected chi connectivity index (χ2v) is 9.00. The third kappa shape index (κ3) is 15.8. The van der Waals surface area contributed by atoms with Gasteiger partial charge in [0.1, 0.15) is 11.4 Å². The van der Waals surface area contributed by atoms with Crippen LogP contribution in [0.4, 0.5) is 5.69 Å². The Kier molecular flexibility index (Phi) is 13.3. The number of carbonyl (C=O) groups is 1. The predicted octanol–water partition coefficient (Wildman–Crippen LogP) is 7.06. The van der Waals surface area contributed by atoms with E-state index in [4.69, 9.17) is 15.2 Å². The Hall–Kier alpha value is -1.71. The molecule has 166 valence electrons. The summed E-state index contributed by atoms with van der Waals surface area (Å²) in [6.45, 7) is 6.53. The standard InChI is InChI=1S/C25H43NO3/c1-25(2,3)29-24(27)19-14-12-10-8-6-4-5-7-9-11-13-15-20-28-23-18-16-17-22(26)21-23/h16-18,21H,4-15,19-20,26H2,1-3H3. The molecule has 0 fully saturated rings. The molecule has 0 saturated heterocycles. The van der Waals surface area contributed by atoms with Gasteiger partial charge in [-0.2, -0.15) is 0 Å². The van der Waals surface area contributed by atoms with Crippen LogP contribution < -0.4 is 10.5 Å². The number of hydrogen-bond acceptors (Lipinski definition) is 4. The summed E-state index contributed by atoms with van der Waals surface area (Å²) in [5, 5.41) is 0. The summed E-state index contributed by atoms with van der Waals surface area (Å²) in [4.78, 5) is 11.6. The molecule has 0 aliphatic heterocycles. The van der Waals surface area contributed by atoms with E-state index >= 15 is 0 Å². The number of unbranched alkanes of at least 4 members (excludes halogenated alkanes) is 11. The van der Waals surface area contributed by atoms with Crippen LogP contribution in [-0.2, 0) is 9.53 Å². The molecule has 0 heterocycles. The zero-order valence-electron chi connectivity index (χ0n) is 19.0. The van der Waals surface area contributed by atoms with Crippen molar-refractivity contribution in [1.29, 1.82) is 0 Å². The quantitative estimate of drug-likeness (QED) is 0.182. The maximum Gasteiger partial charge on any atom is 0.306 e. The van der Waals surface area contributed by atoms with Crippen LogP contribution in [0.1, 0.15) is 104 Å². The van der Waals surface area contributed by atoms with E-state index in [2.05, 4.69) is 0 Å². The van der Waals surface area contributed by atoms with Crippen molar-refractivity contribution in [2.24, 2.45) is 0 Å². The first-order valence-corrected chi connectivity index (χ1v) is 11.6. The Morgan fingerprint density at radius 2 is 1.34 bits per heavy atom. The van der Waals surface area contributed by atoms with Gasteiger partial charge < -0.3 is 15.2 Å². The lowest BCUT2D eigenvalue weighted by Crippen LogP contribution is -2.23. The van der Waals surface area contributed by atoms with Crippen LogP contribution >= 0.6 is 0 Å². The van der Waals surface area contributed by atoms with Gasteiger partial charge in [0.15, 0.2) is 0 Å². The molecule has 0 aliphatic carbocycles. The molecule has 4 heteroatoms. The molecule has 29 heavy (non-hydrogen) atoms. The number of esters is 1. The molecule has 1 rings (SSSR count). The third-order valence-corrected chi connectivity index (χ3v) is 4.82. The van der Waals surface area contributed by atoms with Crippen molar-refractivity contribution in [2.45, 2.75) is 110 Å². The van der Waals surface area contributed by atoms with Gasteiger partial charge >= 0.3 is 5.97 Å². The van der Waals surface area contributed by atoms with Crippen LogP contribution in [0.25, 0.3) is 0 Å². The molecule has 0 spiro atoms. The number of carbonyl (C=O) groups excluding carboxylic acids is 1. The van der Waals surface area contributed by atoms with Gasteiger partial charge in [0.25, 0.3) is 0 Å². The highest BCUT2D eigenvalue weighted by molar-refractivity contribution is 5.69. The summed E-state index contributed by atoms with van der Waals surface area (Å²) in [6.07, 6.45) is 15.5. The summed E-state index contributed by atoms with van der Waals surface area (Å²) in [7, 11) is 0. The van der Waals surface area contributed by atoms with Crippen LogP contribution in [0.15, 0.2) is 24.3 Å². The van der Waals surface area contributed by atoms with Crippen LogP contribution in [0.2, 0.25) is 0 Å². The van der Waals surface area contributed by atoms with Crippen molar-refractivity contribution in [3.8, 4) is 5.75 Å². The summed E-state index contributed by atoms with van der Waals surface area (Å²) in [5.41, 5.74) is 6.13. The number of nitrogens with two attached hydrogens (primary N) is 1. The second-order valence-electron chi connectivity index (χ2n) is 9.00. The van der Waals surface area contributed by atoms with Gasteiger partial charge in [-0.15, -0.1) is 0 Å². The number of benzene rings is 1. The van der Waals surface area contributed by atoms with Gasteiger partial charge in [0.05, 0.1) is 6.61 Å². The van der Waals surface area contributed by atoms with E-state index in [0.29, 0.717) is 6.42 Å². The average molecular weight is 406 g/mol. The van der Waals surface area contributed by atoms with Gasteiger partial charge in [-0.3, -0.25) is 4.79 Å². The molecule has 0 radical (unpaired) electrons. The molecule has 0 aromatic heterocycles. The van der Waals surface area contributed by atoms with E-state index in [1.807, 2.05) is 45.0 Å². The van der Waals surface area contributed by atoms with Crippen molar-refractivity contribution in [3.63, 3.8) is 0 Å². The Balaban J connectivity index is 1.78. The van der Waals surface area contributed by atoms with Crippen molar-refractivity contribution in [2.75, 3.05) is 12.3 Å². The number of nitrogen functional groups attached to an aromatic ring is 1. The highest BCUT2D eigenvalue weighted by atomic mass is 16.6. The summed E-state index contributed by atoms with van der Waals surface area (Å²) >= 11 is 0. The highest BCUT2D eigenvalue weighted by Crippen LogP contribution is 2.16. The highest BCUT2D eigenvalue weighted by Gasteiger charge is 2.15. The van der Waals surface area contributed by atoms with Gasteiger partial charge in [-0.05, 0) is 45.7 Å². The molecule has 0 atom stereocenters. The number of ether oxygens (including phenoxy) is 2. The largest absolute Gasteiger partial charge is 0.494 e. The number of hydrogen-bond donors (Lipinski definition) is 1. The zero-order valence-corrected chi connectivity index (χ0v) is 19.0. The molecular formula is C25H43NO3. The average Bonchev–Trinajstić information content (AvgIpc) is 2.63. The van der Waals surface area contributed by atoms with E-state index in [0.717, 1.165) is 37.3 Å². The third-order valence-electron chi connectivity index (χ3n) is 4.82. The smallest absolute Gasteiger partial charge is 0.306 e. The minimum absolute atomic E-state index is 0.0613. The minimum Gasteiger partial charge on any atom is -0.494 e. The molecule has 0 saturated carbocycles. The van der Waals surface area contributed by atoms with E-state index in [-0.39, 0.29) is 11.6 Å². The molecular weight excluding hydrogens is 362 g/mol. The number of rotatable bonds is 16. The SMILES string of the molecule is CC(C)(C)OC(=O)CCCCCCCCCCCCCCOc1cccc(N)c1. The Labute approximate surface area is 178 Å². The fraction of sp³-hybridized carbons (Fsp3) is 0.720. The molecule has 0 bridgehead atoms. The van der Waals surface area contributed by atoms with E-state index in [9.17, 15) is 4.79 Å². The van der Waals surface area contributed by atoms with Crippen LogP contribution in [0.3, 0.4) is 0 Å². The van der Waals surface area contributed by atoms with Gasteiger partial charge in [-0.25, -0.2) is 0 Å². The van der Waals surface area contributed by atoms with E-state index < -0.39 is 0 Å². The monoisotopic (exact) mass is 405 g/mol. The lowest BCUT2D eigenvalue weighted by molar-refractivity contribution is -0.154. The molecule has 1 aromatic rings. The first kappa shape index (κ1) is 25.3. The zero-order chi connectivity index (χ0) is 21.4. The lowest BCUT2D eigenvalue weighted by atomic mass is 10.0. The fourth-order valence-corrected chi connectivity index (χ4v) is 3.33. The normalized spacial score (nSPS) is 11.4. The van der Waals surface area contributed by atoms with Gasteiger partial charge in [0, 0.05) is 18.2 Å². The van der Waals surface area contributed by atoms with Crippen molar-refractivity contribution in [3.05, 3.63) is 24.3 Å². The number of anilines is 1. The fourth-order valence-electron chi connectivity index (χ4n) is 3.33. The lowest BCUT2D eigenvalue weighted by Gasteiger charge is -2.19. The summed E-state index contributed by atoms with van der Waals surface area (Å²) in [5.74, 6) is 0.809. The molecule has 2 N–H and O–H groups in total. The first-order valence-electron chi connectivity index (χ1n) is 11.6. The van der Waals surface area contributed by atoms with Crippen molar-refractivity contribution >= 4 is 11.7 Å². The maximum absolute atomic E-state index is 11.6. The van der Waals surface area contributed by atoms with Crippen LogP contribution in [0, 0.1) is 0 Å². The second kappa shape index (κ2) is 15.2. The molecule has 0 aliphatic rings. The molecule has 4 nitrogen and oxygen atoms in total. The van der Waals surface area contributed by atoms with Gasteiger partial charge in [-0.1, -0.05) is 70.3 Å². The topological polar surface area (TPSA) is 61.5 Å². The van der Waals surface area contributed by atoms with Gasteiger partial charge in [0.2, 0.25) is 0 Å². The van der Waals surface area contributed by atoms with Crippen LogP contribution in [-0.4, -0.2) is 18.2 Å². The molecule has 0 amide bonds.